The van der Waals surface area contributed by atoms with Gasteiger partial charge in [-0.05, 0) is 83.2 Å². The fraction of sp³-hybridized carbons (Fsp3) is 0.571. The van der Waals surface area contributed by atoms with Crippen LogP contribution in [0.2, 0.25) is 0 Å². The Labute approximate surface area is 213 Å². The van der Waals surface area contributed by atoms with Crippen LogP contribution in [-0.2, 0) is 14.3 Å². The first-order valence-electron chi connectivity index (χ1n) is 13.2. The minimum Gasteiger partial charge on any atom is -0.495 e. The largest absolute Gasteiger partial charge is 0.495 e. The number of carbonyl (C=O) groups excluding carboxylic acids is 1. The third kappa shape index (κ3) is 6.60. The molecule has 0 spiro atoms. The van der Waals surface area contributed by atoms with Crippen LogP contribution in [0, 0.1) is 11.3 Å². The van der Waals surface area contributed by atoms with Crippen molar-refractivity contribution in [1.82, 2.24) is 15.0 Å². The van der Waals surface area contributed by atoms with Gasteiger partial charge in [-0.25, -0.2) is 0 Å². The smallest absolute Gasteiger partial charge is 0.305 e. The summed E-state index contributed by atoms with van der Waals surface area (Å²) in [6.45, 7) is 9.13. The second-order valence-electron chi connectivity index (χ2n) is 9.91. The molecule has 8 heteroatoms. The number of nitrogens with zero attached hydrogens (tertiary/aromatic N) is 3. The van der Waals surface area contributed by atoms with Gasteiger partial charge in [-0.1, -0.05) is 23.4 Å². The van der Waals surface area contributed by atoms with Gasteiger partial charge in [0, 0.05) is 30.7 Å². The van der Waals surface area contributed by atoms with E-state index in [1.165, 1.54) is 17.4 Å². The van der Waals surface area contributed by atoms with Crippen LogP contribution in [0.3, 0.4) is 0 Å². The lowest BCUT2D eigenvalue weighted by atomic mass is 9.88. The second-order valence-corrected chi connectivity index (χ2v) is 9.91. The van der Waals surface area contributed by atoms with E-state index in [9.17, 15) is 4.79 Å². The van der Waals surface area contributed by atoms with E-state index >= 15 is 0 Å². The van der Waals surface area contributed by atoms with Gasteiger partial charge >= 0.3 is 5.97 Å². The predicted octanol–water partition coefficient (Wildman–Crippen LogP) is 5.21. The molecule has 8 nitrogen and oxygen atoms in total. The summed E-state index contributed by atoms with van der Waals surface area (Å²) < 4.78 is 16.6. The predicted molar refractivity (Wildman–Crippen MR) is 139 cm³/mol. The van der Waals surface area contributed by atoms with Gasteiger partial charge in [0.1, 0.15) is 5.76 Å². The summed E-state index contributed by atoms with van der Waals surface area (Å²) >= 11 is 0. The zero-order chi connectivity index (χ0) is 25.5. The minimum atomic E-state index is -0.115. The molecule has 0 amide bonds. The van der Waals surface area contributed by atoms with E-state index in [-0.39, 0.29) is 23.9 Å². The lowest BCUT2D eigenvalue weighted by Crippen LogP contribution is -2.27. The minimum absolute atomic E-state index is 0.0709. The average molecular weight is 495 g/mol. The van der Waals surface area contributed by atoms with E-state index in [1.807, 2.05) is 32.9 Å². The Balaban J connectivity index is 1.38. The number of allylic oxidation sites excluding steroid dienone is 6. The Morgan fingerprint density at radius 3 is 2.94 bits per heavy atom. The van der Waals surface area contributed by atoms with Crippen molar-refractivity contribution in [2.24, 2.45) is 5.92 Å². The van der Waals surface area contributed by atoms with E-state index in [4.69, 9.17) is 24.4 Å². The number of rotatable bonds is 10. The molecule has 1 fully saturated rings. The first kappa shape index (κ1) is 26.1. The molecule has 1 aliphatic heterocycles. The standard InChI is InChI=1S/C28H38N4O4/c1-4-34-26(33)8-6-14-32-13-5-7-20-15-21(9-10-23(20)18-32)27-30-28(36-31-27)22-11-12-25(35-19(2)3)24(16-22)17-29/h10-12,15,17,19,21,24,29H,4-9,13-14,16,18H2,1-3H3. The van der Waals surface area contributed by atoms with Crippen LogP contribution >= 0.6 is 0 Å². The maximum Gasteiger partial charge on any atom is 0.305 e. The fourth-order valence-electron chi connectivity index (χ4n) is 5.02. The van der Waals surface area contributed by atoms with Gasteiger partial charge in [-0.2, -0.15) is 4.98 Å². The van der Waals surface area contributed by atoms with Gasteiger partial charge in [0.15, 0.2) is 5.82 Å². The van der Waals surface area contributed by atoms with Crippen molar-refractivity contribution in [3.8, 4) is 0 Å². The van der Waals surface area contributed by atoms with Crippen molar-refractivity contribution >= 4 is 17.8 Å². The highest BCUT2D eigenvalue weighted by molar-refractivity contribution is 5.72. The molecule has 2 atom stereocenters. The third-order valence-corrected chi connectivity index (χ3v) is 6.78. The number of fused-ring (bicyclic) bond motifs is 1. The lowest BCUT2D eigenvalue weighted by molar-refractivity contribution is -0.143. The number of likely N-dealkylation sites (tertiary alicyclic amines) is 1. The topological polar surface area (TPSA) is 102 Å². The first-order valence-corrected chi connectivity index (χ1v) is 13.2. The Bertz CT molecular complexity index is 1070. The van der Waals surface area contributed by atoms with Crippen LogP contribution in [0.4, 0.5) is 0 Å². The van der Waals surface area contributed by atoms with Gasteiger partial charge in [-0.3, -0.25) is 9.69 Å². The van der Waals surface area contributed by atoms with Gasteiger partial charge in [0.05, 0.1) is 18.6 Å². The van der Waals surface area contributed by atoms with Gasteiger partial charge in [0.2, 0.25) is 0 Å². The Hall–Kier alpha value is -3.00. The van der Waals surface area contributed by atoms with E-state index < -0.39 is 0 Å². The van der Waals surface area contributed by atoms with Crippen LogP contribution in [0.5, 0.6) is 0 Å². The number of ether oxygens (including phenoxy) is 2. The van der Waals surface area contributed by atoms with Crippen molar-refractivity contribution in [3.63, 3.8) is 0 Å². The molecule has 2 aliphatic carbocycles. The summed E-state index contributed by atoms with van der Waals surface area (Å²) in [6.07, 6.45) is 14.9. The highest BCUT2D eigenvalue weighted by Gasteiger charge is 2.27. The second kappa shape index (κ2) is 12.3. The fourth-order valence-corrected chi connectivity index (χ4v) is 5.02. The van der Waals surface area contributed by atoms with Gasteiger partial charge < -0.3 is 19.4 Å². The number of esters is 1. The number of carbonyl (C=O) groups is 1. The highest BCUT2D eigenvalue weighted by atomic mass is 16.5. The van der Waals surface area contributed by atoms with Crippen LogP contribution in [-0.4, -0.2) is 59.6 Å². The molecule has 3 aliphatic rings. The van der Waals surface area contributed by atoms with Crippen LogP contribution in [0.25, 0.3) is 5.57 Å². The molecule has 0 aromatic carbocycles. The molecule has 2 heterocycles. The number of hydrogen-bond acceptors (Lipinski definition) is 8. The summed E-state index contributed by atoms with van der Waals surface area (Å²) in [5.41, 5.74) is 3.70. The highest BCUT2D eigenvalue weighted by Crippen LogP contribution is 2.35. The normalized spacial score (nSPS) is 22.6. The van der Waals surface area contributed by atoms with Crippen molar-refractivity contribution < 1.29 is 18.8 Å². The maximum atomic E-state index is 11.6. The average Bonchev–Trinajstić information content (AvgIpc) is 3.26. The summed E-state index contributed by atoms with van der Waals surface area (Å²) in [5.74, 6) is 1.93. The molecule has 36 heavy (non-hydrogen) atoms. The monoisotopic (exact) mass is 494 g/mol. The Morgan fingerprint density at radius 2 is 2.17 bits per heavy atom. The zero-order valence-corrected chi connectivity index (χ0v) is 21.7. The van der Waals surface area contributed by atoms with Crippen LogP contribution < -0.4 is 0 Å². The van der Waals surface area contributed by atoms with E-state index in [1.54, 1.807) is 0 Å². The van der Waals surface area contributed by atoms with E-state index in [0.29, 0.717) is 31.2 Å². The lowest BCUT2D eigenvalue weighted by Gasteiger charge is -2.23. The zero-order valence-electron chi connectivity index (χ0n) is 21.7. The molecule has 1 aromatic heterocycles. The Morgan fingerprint density at radius 1 is 1.31 bits per heavy atom. The number of aromatic nitrogens is 2. The molecule has 0 bridgehead atoms. The van der Waals surface area contributed by atoms with Crippen LogP contribution in [0.1, 0.15) is 76.9 Å². The number of hydrogen-bond donors (Lipinski definition) is 1. The van der Waals surface area contributed by atoms with E-state index in [2.05, 4.69) is 22.2 Å². The molecule has 2 unspecified atom stereocenters. The Kier molecular flexibility index (Phi) is 8.91. The molecule has 4 rings (SSSR count). The van der Waals surface area contributed by atoms with Gasteiger partial charge in [0.25, 0.3) is 5.89 Å². The van der Waals surface area contributed by atoms with Crippen molar-refractivity contribution in [1.29, 1.82) is 5.41 Å². The number of nitrogens with one attached hydrogen (secondary N) is 1. The molecule has 194 valence electrons. The van der Waals surface area contributed by atoms with Crippen molar-refractivity contribution in [2.45, 2.75) is 71.3 Å². The quantitative estimate of drug-likeness (QED) is 0.352. The van der Waals surface area contributed by atoms with Crippen molar-refractivity contribution in [3.05, 3.63) is 52.9 Å². The molecule has 1 saturated heterocycles. The van der Waals surface area contributed by atoms with Gasteiger partial charge in [-0.15, -0.1) is 0 Å². The molecular weight excluding hydrogens is 456 g/mol. The summed E-state index contributed by atoms with van der Waals surface area (Å²) in [6, 6.07) is 0. The van der Waals surface area contributed by atoms with Crippen molar-refractivity contribution in [2.75, 3.05) is 26.2 Å². The molecule has 0 radical (unpaired) electrons. The summed E-state index contributed by atoms with van der Waals surface area (Å²) in [7, 11) is 0. The first-order chi connectivity index (χ1) is 17.5. The molecule has 1 N–H and O–H groups in total. The van der Waals surface area contributed by atoms with E-state index in [0.717, 1.165) is 56.6 Å². The SMILES string of the molecule is CCOC(=O)CCCN1CCCC2=CC(c3noc(C4=CC=C(OC(C)C)C(C=N)C4)n3)CC=C2C1. The molecule has 0 saturated carbocycles. The molecule has 1 aromatic rings. The maximum absolute atomic E-state index is 11.6. The summed E-state index contributed by atoms with van der Waals surface area (Å²) in [4.78, 5) is 18.8. The molecular formula is C28H38N4O4. The third-order valence-electron chi connectivity index (χ3n) is 6.78. The summed E-state index contributed by atoms with van der Waals surface area (Å²) in [5, 5.41) is 12.1. The van der Waals surface area contributed by atoms with Crippen LogP contribution in [0.15, 0.2) is 45.7 Å².